The van der Waals surface area contributed by atoms with Gasteiger partial charge in [0.15, 0.2) is 0 Å². The Balaban J connectivity index is 1.92. The highest BCUT2D eigenvalue weighted by Crippen LogP contribution is 2.10. The number of rotatable bonds is 3. The molecule has 3 nitrogen and oxygen atoms in total. The standard InChI is InChI=1S/C13H18N2O/c1-11(15-9-5-6-10-15)14-13(16)12-7-3-2-4-8-12/h2-4,7-8,11H,5-6,9-10H2,1H3,(H,14,16). The number of hydrogen-bond acceptors (Lipinski definition) is 2. The average Bonchev–Trinajstić information content (AvgIpc) is 2.83. The van der Waals surface area contributed by atoms with Crippen molar-refractivity contribution in [3.63, 3.8) is 0 Å². The van der Waals surface area contributed by atoms with Gasteiger partial charge in [0.25, 0.3) is 5.91 Å². The normalized spacial score (nSPS) is 18.3. The molecular weight excluding hydrogens is 200 g/mol. The molecule has 1 fully saturated rings. The topological polar surface area (TPSA) is 32.3 Å². The van der Waals surface area contributed by atoms with Gasteiger partial charge in [-0.05, 0) is 31.9 Å². The fraction of sp³-hybridized carbons (Fsp3) is 0.462. The Kier molecular flexibility index (Phi) is 3.57. The first-order valence-electron chi connectivity index (χ1n) is 5.87. The van der Waals surface area contributed by atoms with Crippen LogP contribution in [0.5, 0.6) is 0 Å². The Morgan fingerprint density at radius 1 is 1.25 bits per heavy atom. The van der Waals surface area contributed by atoms with E-state index in [0.29, 0.717) is 0 Å². The first-order valence-corrected chi connectivity index (χ1v) is 5.87. The minimum Gasteiger partial charge on any atom is -0.337 e. The molecule has 1 saturated heterocycles. The van der Waals surface area contributed by atoms with Crippen LogP contribution in [0.4, 0.5) is 0 Å². The summed E-state index contributed by atoms with van der Waals surface area (Å²) in [6.07, 6.45) is 2.62. The van der Waals surface area contributed by atoms with E-state index in [-0.39, 0.29) is 12.1 Å². The minimum atomic E-state index is 0.0139. The molecule has 1 N–H and O–H groups in total. The zero-order valence-electron chi connectivity index (χ0n) is 9.65. The summed E-state index contributed by atoms with van der Waals surface area (Å²) in [6.45, 7) is 4.23. The van der Waals surface area contributed by atoms with Gasteiger partial charge in [-0.3, -0.25) is 9.69 Å². The Morgan fingerprint density at radius 2 is 1.88 bits per heavy atom. The maximum absolute atomic E-state index is 11.9. The van der Waals surface area contributed by atoms with E-state index in [9.17, 15) is 4.79 Å². The predicted molar refractivity (Wildman–Crippen MR) is 64.2 cm³/mol. The molecule has 0 bridgehead atoms. The molecular formula is C13H18N2O. The van der Waals surface area contributed by atoms with Crippen molar-refractivity contribution in [2.24, 2.45) is 0 Å². The first-order chi connectivity index (χ1) is 7.77. The molecule has 0 radical (unpaired) electrons. The van der Waals surface area contributed by atoms with E-state index in [1.165, 1.54) is 12.8 Å². The van der Waals surface area contributed by atoms with Crippen LogP contribution in [0, 0.1) is 0 Å². The largest absolute Gasteiger partial charge is 0.337 e. The number of carbonyl (C=O) groups excluding carboxylic acids is 1. The maximum Gasteiger partial charge on any atom is 0.252 e. The quantitative estimate of drug-likeness (QED) is 0.840. The van der Waals surface area contributed by atoms with Crippen LogP contribution >= 0.6 is 0 Å². The van der Waals surface area contributed by atoms with Crippen molar-refractivity contribution in [1.82, 2.24) is 10.2 Å². The van der Waals surface area contributed by atoms with Gasteiger partial charge < -0.3 is 5.32 Å². The molecule has 16 heavy (non-hydrogen) atoms. The van der Waals surface area contributed by atoms with Crippen LogP contribution in [0.25, 0.3) is 0 Å². The van der Waals surface area contributed by atoms with Crippen LogP contribution < -0.4 is 5.32 Å². The van der Waals surface area contributed by atoms with Gasteiger partial charge in [-0.2, -0.15) is 0 Å². The van der Waals surface area contributed by atoms with Gasteiger partial charge in [-0.25, -0.2) is 0 Å². The second kappa shape index (κ2) is 5.12. The predicted octanol–water partition coefficient (Wildman–Crippen LogP) is 1.86. The Bertz CT molecular complexity index is 344. The molecule has 3 heteroatoms. The molecule has 1 unspecified atom stereocenters. The monoisotopic (exact) mass is 218 g/mol. The van der Waals surface area contributed by atoms with Crippen LogP contribution in [0.2, 0.25) is 0 Å². The van der Waals surface area contributed by atoms with E-state index in [0.717, 1.165) is 18.7 Å². The molecule has 0 saturated carbocycles. The number of benzene rings is 1. The minimum absolute atomic E-state index is 0.0139. The zero-order valence-corrected chi connectivity index (χ0v) is 9.65. The highest BCUT2D eigenvalue weighted by Gasteiger charge is 2.19. The van der Waals surface area contributed by atoms with E-state index in [1.54, 1.807) is 0 Å². The van der Waals surface area contributed by atoms with Crippen molar-refractivity contribution in [1.29, 1.82) is 0 Å². The van der Waals surface area contributed by atoms with E-state index < -0.39 is 0 Å². The lowest BCUT2D eigenvalue weighted by Crippen LogP contribution is -2.44. The summed E-state index contributed by atoms with van der Waals surface area (Å²) in [5, 5.41) is 3.03. The average molecular weight is 218 g/mol. The third-order valence-corrected chi connectivity index (χ3v) is 3.06. The Labute approximate surface area is 96.5 Å². The number of likely N-dealkylation sites (tertiary alicyclic amines) is 1. The number of hydrogen-bond donors (Lipinski definition) is 1. The third kappa shape index (κ3) is 2.61. The lowest BCUT2D eigenvalue weighted by molar-refractivity contribution is 0.0885. The van der Waals surface area contributed by atoms with Crippen LogP contribution in [0.15, 0.2) is 30.3 Å². The van der Waals surface area contributed by atoms with Crippen molar-refractivity contribution in [3.8, 4) is 0 Å². The smallest absolute Gasteiger partial charge is 0.252 e. The van der Waals surface area contributed by atoms with Crippen LogP contribution in [0.3, 0.4) is 0 Å². The molecule has 2 rings (SSSR count). The molecule has 1 atom stereocenters. The molecule has 1 aliphatic heterocycles. The van der Waals surface area contributed by atoms with E-state index >= 15 is 0 Å². The Morgan fingerprint density at radius 3 is 2.50 bits per heavy atom. The van der Waals surface area contributed by atoms with Crippen LogP contribution in [0.1, 0.15) is 30.1 Å². The van der Waals surface area contributed by atoms with E-state index in [2.05, 4.69) is 10.2 Å². The number of nitrogens with zero attached hydrogens (tertiary/aromatic N) is 1. The summed E-state index contributed by atoms with van der Waals surface area (Å²) in [6, 6.07) is 9.36. The molecule has 0 aromatic heterocycles. The van der Waals surface area contributed by atoms with Gasteiger partial charge >= 0.3 is 0 Å². The summed E-state index contributed by atoms with van der Waals surface area (Å²) < 4.78 is 0. The van der Waals surface area contributed by atoms with Gasteiger partial charge in [-0.15, -0.1) is 0 Å². The fourth-order valence-electron chi connectivity index (χ4n) is 2.08. The van der Waals surface area contributed by atoms with Crippen molar-refractivity contribution in [2.75, 3.05) is 13.1 Å². The van der Waals surface area contributed by atoms with Gasteiger partial charge in [0.1, 0.15) is 0 Å². The van der Waals surface area contributed by atoms with Crippen LogP contribution in [-0.2, 0) is 0 Å². The summed E-state index contributed by atoms with van der Waals surface area (Å²) in [5.41, 5.74) is 0.730. The van der Waals surface area contributed by atoms with Crippen molar-refractivity contribution in [2.45, 2.75) is 25.9 Å². The van der Waals surface area contributed by atoms with Crippen molar-refractivity contribution < 1.29 is 4.79 Å². The SMILES string of the molecule is CC(NC(=O)c1ccccc1)N1CCCC1. The summed E-state index contributed by atoms with van der Waals surface area (Å²) >= 11 is 0. The van der Waals surface area contributed by atoms with E-state index in [4.69, 9.17) is 0 Å². The third-order valence-electron chi connectivity index (χ3n) is 3.06. The second-order valence-electron chi connectivity index (χ2n) is 4.26. The number of nitrogens with one attached hydrogen (secondary N) is 1. The van der Waals surface area contributed by atoms with Gasteiger partial charge in [0, 0.05) is 18.7 Å². The van der Waals surface area contributed by atoms with Gasteiger partial charge in [0.2, 0.25) is 0 Å². The number of amides is 1. The molecule has 0 spiro atoms. The molecule has 1 aromatic carbocycles. The van der Waals surface area contributed by atoms with E-state index in [1.807, 2.05) is 37.3 Å². The molecule has 86 valence electrons. The second-order valence-corrected chi connectivity index (χ2v) is 4.26. The Hall–Kier alpha value is -1.35. The maximum atomic E-state index is 11.9. The summed E-state index contributed by atoms with van der Waals surface area (Å²) in [5.74, 6) is 0.0139. The van der Waals surface area contributed by atoms with Crippen LogP contribution in [-0.4, -0.2) is 30.1 Å². The summed E-state index contributed by atoms with van der Waals surface area (Å²) in [7, 11) is 0. The molecule has 1 amide bonds. The molecule has 0 aliphatic carbocycles. The first kappa shape index (κ1) is 11.1. The summed E-state index contributed by atoms with van der Waals surface area (Å²) in [4.78, 5) is 14.2. The van der Waals surface area contributed by atoms with Crippen molar-refractivity contribution >= 4 is 5.91 Å². The molecule has 1 aliphatic rings. The molecule has 1 aromatic rings. The lowest BCUT2D eigenvalue weighted by atomic mass is 10.2. The lowest BCUT2D eigenvalue weighted by Gasteiger charge is -2.24. The highest BCUT2D eigenvalue weighted by atomic mass is 16.1. The highest BCUT2D eigenvalue weighted by molar-refractivity contribution is 5.94. The number of carbonyl (C=O) groups is 1. The van der Waals surface area contributed by atoms with Crippen molar-refractivity contribution in [3.05, 3.63) is 35.9 Å². The van der Waals surface area contributed by atoms with Gasteiger partial charge in [0.05, 0.1) is 6.17 Å². The fourth-order valence-corrected chi connectivity index (χ4v) is 2.08. The zero-order chi connectivity index (χ0) is 11.4. The molecule has 1 heterocycles. The van der Waals surface area contributed by atoms with Gasteiger partial charge in [-0.1, -0.05) is 18.2 Å².